The lowest BCUT2D eigenvalue weighted by Gasteiger charge is -1.99. The lowest BCUT2D eigenvalue weighted by Crippen LogP contribution is -2.20. The van der Waals surface area contributed by atoms with Gasteiger partial charge in [-0.3, -0.25) is 14.0 Å². The fourth-order valence-corrected chi connectivity index (χ4v) is 1.78. The summed E-state index contributed by atoms with van der Waals surface area (Å²) in [5.74, 6) is -0.279. The molecular weight excluding hydrogens is 202 g/mol. The Labute approximate surface area is 83.0 Å². The second-order valence-corrected chi connectivity index (χ2v) is 3.59. The van der Waals surface area contributed by atoms with Gasteiger partial charge in [0, 0.05) is 18.5 Å². The van der Waals surface area contributed by atoms with Crippen LogP contribution in [0.1, 0.15) is 6.92 Å². The Morgan fingerprint density at radius 1 is 1.64 bits per heavy atom. The SMILES string of the molecule is CC(=O)Nc1cnc2sccn2c1=O. The molecule has 2 aromatic rings. The third-order valence-corrected chi connectivity index (χ3v) is 2.42. The van der Waals surface area contributed by atoms with Gasteiger partial charge in [0.15, 0.2) is 4.96 Å². The van der Waals surface area contributed by atoms with Crippen molar-refractivity contribution in [2.45, 2.75) is 6.92 Å². The second kappa shape index (κ2) is 3.22. The highest BCUT2D eigenvalue weighted by Crippen LogP contribution is 2.07. The van der Waals surface area contributed by atoms with Gasteiger partial charge >= 0.3 is 0 Å². The molecule has 0 aliphatic heterocycles. The molecule has 1 N–H and O–H groups in total. The molecule has 0 aliphatic carbocycles. The summed E-state index contributed by atoms with van der Waals surface area (Å²) in [6, 6.07) is 0. The van der Waals surface area contributed by atoms with Crippen molar-refractivity contribution in [1.82, 2.24) is 9.38 Å². The average Bonchev–Trinajstić information content (AvgIpc) is 2.57. The van der Waals surface area contributed by atoms with E-state index in [0.29, 0.717) is 4.96 Å². The summed E-state index contributed by atoms with van der Waals surface area (Å²) in [5, 5.41) is 4.19. The van der Waals surface area contributed by atoms with Crippen LogP contribution in [0.25, 0.3) is 4.96 Å². The molecule has 1 amide bonds. The quantitative estimate of drug-likeness (QED) is 0.752. The third-order valence-electron chi connectivity index (χ3n) is 1.65. The van der Waals surface area contributed by atoms with E-state index in [1.54, 1.807) is 11.6 Å². The molecule has 0 saturated carbocycles. The topological polar surface area (TPSA) is 63.5 Å². The molecule has 0 fully saturated rings. The van der Waals surface area contributed by atoms with E-state index in [9.17, 15) is 9.59 Å². The summed E-state index contributed by atoms with van der Waals surface area (Å²) in [6.07, 6.45) is 3.00. The zero-order valence-electron chi connectivity index (χ0n) is 7.35. The normalized spacial score (nSPS) is 10.4. The lowest BCUT2D eigenvalue weighted by molar-refractivity contribution is -0.114. The third kappa shape index (κ3) is 1.39. The predicted octanol–water partition coefficient (Wildman–Crippen LogP) is 0.714. The van der Waals surface area contributed by atoms with Gasteiger partial charge in [0.2, 0.25) is 5.91 Å². The minimum Gasteiger partial charge on any atom is -0.320 e. The molecule has 0 atom stereocenters. The smallest absolute Gasteiger partial charge is 0.282 e. The molecule has 5 nitrogen and oxygen atoms in total. The van der Waals surface area contributed by atoms with Crippen LogP contribution in [0.3, 0.4) is 0 Å². The van der Waals surface area contributed by atoms with Gasteiger partial charge < -0.3 is 5.32 Å². The Kier molecular flexibility index (Phi) is 2.05. The largest absolute Gasteiger partial charge is 0.320 e. The molecule has 0 spiro atoms. The van der Waals surface area contributed by atoms with Gasteiger partial charge in [-0.05, 0) is 0 Å². The monoisotopic (exact) mass is 209 g/mol. The van der Waals surface area contributed by atoms with Crippen molar-refractivity contribution in [3.05, 3.63) is 28.1 Å². The number of nitrogens with zero attached hydrogens (tertiary/aromatic N) is 2. The fourth-order valence-electron chi connectivity index (χ4n) is 1.10. The first-order valence-corrected chi connectivity index (χ1v) is 4.79. The van der Waals surface area contributed by atoms with E-state index in [1.165, 1.54) is 28.9 Å². The van der Waals surface area contributed by atoms with Crippen LogP contribution in [0.2, 0.25) is 0 Å². The maximum atomic E-state index is 11.6. The number of hydrogen-bond donors (Lipinski definition) is 1. The first-order chi connectivity index (χ1) is 6.68. The van der Waals surface area contributed by atoms with Gasteiger partial charge in [-0.2, -0.15) is 0 Å². The number of nitrogens with one attached hydrogen (secondary N) is 1. The molecule has 0 saturated heterocycles. The maximum absolute atomic E-state index is 11.6. The summed E-state index contributed by atoms with van der Waals surface area (Å²) < 4.78 is 1.40. The number of carbonyl (C=O) groups is 1. The van der Waals surface area contributed by atoms with Gasteiger partial charge in [0.05, 0.1) is 6.20 Å². The van der Waals surface area contributed by atoms with E-state index >= 15 is 0 Å². The van der Waals surface area contributed by atoms with E-state index in [1.807, 2.05) is 0 Å². The van der Waals surface area contributed by atoms with Crippen molar-refractivity contribution >= 4 is 27.9 Å². The van der Waals surface area contributed by atoms with Crippen LogP contribution >= 0.6 is 11.3 Å². The van der Waals surface area contributed by atoms with Crippen molar-refractivity contribution in [2.24, 2.45) is 0 Å². The van der Waals surface area contributed by atoms with Crippen LogP contribution in [0.15, 0.2) is 22.6 Å². The van der Waals surface area contributed by atoms with Crippen LogP contribution in [-0.2, 0) is 4.79 Å². The zero-order chi connectivity index (χ0) is 10.1. The Balaban J connectivity index is 2.62. The van der Waals surface area contributed by atoms with Crippen LogP contribution in [0.4, 0.5) is 5.69 Å². The standard InChI is InChI=1S/C8H7N3O2S/c1-5(12)10-6-4-9-8-11(7(6)13)2-3-14-8/h2-4H,1H3,(H,10,12). The number of fused-ring (bicyclic) bond motifs is 1. The number of hydrogen-bond acceptors (Lipinski definition) is 4. The van der Waals surface area contributed by atoms with E-state index in [4.69, 9.17) is 0 Å². The zero-order valence-corrected chi connectivity index (χ0v) is 8.17. The number of anilines is 1. The van der Waals surface area contributed by atoms with Crippen molar-refractivity contribution in [3.63, 3.8) is 0 Å². The highest BCUT2D eigenvalue weighted by molar-refractivity contribution is 7.15. The number of thiazole rings is 1. The van der Waals surface area contributed by atoms with Crippen molar-refractivity contribution < 1.29 is 4.79 Å². The van der Waals surface area contributed by atoms with Crippen LogP contribution in [-0.4, -0.2) is 15.3 Å². The molecule has 0 unspecified atom stereocenters. The summed E-state index contributed by atoms with van der Waals surface area (Å²) in [6.45, 7) is 1.35. The number of aromatic nitrogens is 2. The maximum Gasteiger partial charge on any atom is 0.282 e. The van der Waals surface area contributed by atoms with Gasteiger partial charge in [-0.1, -0.05) is 0 Å². The molecule has 2 heterocycles. The van der Waals surface area contributed by atoms with E-state index < -0.39 is 0 Å². The summed E-state index contributed by atoms with van der Waals surface area (Å²) in [7, 11) is 0. The van der Waals surface area contributed by atoms with Gasteiger partial charge in [0.1, 0.15) is 5.69 Å². The Hall–Kier alpha value is -1.69. The van der Waals surface area contributed by atoms with E-state index in [-0.39, 0.29) is 17.2 Å². The Morgan fingerprint density at radius 3 is 3.14 bits per heavy atom. The highest BCUT2D eigenvalue weighted by Gasteiger charge is 2.05. The molecule has 0 aromatic carbocycles. The van der Waals surface area contributed by atoms with Crippen LogP contribution in [0.5, 0.6) is 0 Å². The first kappa shape index (κ1) is 8.89. The Bertz CT molecular complexity index is 543. The molecule has 72 valence electrons. The van der Waals surface area contributed by atoms with E-state index in [2.05, 4.69) is 10.3 Å². The molecule has 0 bridgehead atoms. The number of amides is 1. The average molecular weight is 209 g/mol. The molecule has 0 radical (unpaired) electrons. The van der Waals surface area contributed by atoms with Gasteiger partial charge in [-0.15, -0.1) is 11.3 Å². The minimum atomic E-state index is -0.279. The summed E-state index contributed by atoms with van der Waals surface area (Å²) in [4.78, 5) is 27.0. The Morgan fingerprint density at radius 2 is 2.43 bits per heavy atom. The van der Waals surface area contributed by atoms with Crippen molar-refractivity contribution in [3.8, 4) is 0 Å². The highest BCUT2D eigenvalue weighted by atomic mass is 32.1. The van der Waals surface area contributed by atoms with E-state index in [0.717, 1.165) is 0 Å². The molecule has 2 rings (SSSR count). The molecular formula is C8H7N3O2S. The summed E-state index contributed by atoms with van der Waals surface area (Å²) >= 11 is 1.37. The van der Waals surface area contributed by atoms with Crippen LogP contribution < -0.4 is 10.9 Å². The number of carbonyl (C=O) groups excluding carboxylic acids is 1. The lowest BCUT2D eigenvalue weighted by atomic mass is 10.5. The predicted molar refractivity (Wildman–Crippen MR) is 53.6 cm³/mol. The fraction of sp³-hybridized carbons (Fsp3) is 0.125. The molecule has 0 aliphatic rings. The molecule has 14 heavy (non-hydrogen) atoms. The second-order valence-electron chi connectivity index (χ2n) is 2.71. The van der Waals surface area contributed by atoms with Crippen molar-refractivity contribution in [1.29, 1.82) is 0 Å². The minimum absolute atomic E-state index is 0.202. The van der Waals surface area contributed by atoms with Crippen molar-refractivity contribution in [2.75, 3.05) is 5.32 Å². The summed E-state index contributed by atoms with van der Waals surface area (Å²) in [5.41, 5.74) is -0.0557. The van der Waals surface area contributed by atoms with Gasteiger partial charge in [-0.25, -0.2) is 4.98 Å². The molecule has 2 aromatic heterocycles. The molecule has 6 heteroatoms. The first-order valence-electron chi connectivity index (χ1n) is 3.91. The number of rotatable bonds is 1. The van der Waals surface area contributed by atoms with Crippen LogP contribution in [0, 0.1) is 0 Å². The van der Waals surface area contributed by atoms with Gasteiger partial charge in [0.25, 0.3) is 5.56 Å².